The third kappa shape index (κ3) is 3.24. The molecule has 3 nitrogen and oxygen atoms in total. The Morgan fingerprint density at radius 3 is 2.78 bits per heavy atom. The molecule has 1 unspecified atom stereocenters. The first-order valence-electron chi connectivity index (χ1n) is 6.83. The van der Waals surface area contributed by atoms with Gasteiger partial charge in [-0.1, -0.05) is 19.1 Å². The van der Waals surface area contributed by atoms with E-state index in [0.717, 1.165) is 24.9 Å². The average Bonchev–Trinajstić information content (AvgIpc) is 3.25. The van der Waals surface area contributed by atoms with Crippen LogP contribution in [-0.4, -0.2) is 38.2 Å². The van der Waals surface area contributed by atoms with Gasteiger partial charge in [-0.05, 0) is 44.1 Å². The molecule has 0 saturated heterocycles. The largest absolute Gasteiger partial charge is 0.497 e. The molecule has 1 saturated carbocycles. The second-order valence-corrected chi connectivity index (χ2v) is 4.94. The Balaban J connectivity index is 2.06. The minimum Gasteiger partial charge on any atom is -0.497 e. The molecule has 1 aromatic carbocycles. The SMILES string of the molecule is CCN(CC(NC)c1cccc(OC)c1)C1CC1. The summed E-state index contributed by atoms with van der Waals surface area (Å²) < 4.78 is 5.30. The number of nitrogens with zero attached hydrogens (tertiary/aromatic N) is 1. The Morgan fingerprint density at radius 2 is 2.22 bits per heavy atom. The van der Waals surface area contributed by atoms with Crippen molar-refractivity contribution in [3.05, 3.63) is 29.8 Å². The molecule has 3 heteroatoms. The van der Waals surface area contributed by atoms with E-state index in [9.17, 15) is 0 Å². The molecule has 18 heavy (non-hydrogen) atoms. The Kier molecular flexibility index (Phi) is 4.61. The van der Waals surface area contributed by atoms with Crippen LogP contribution in [-0.2, 0) is 0 Å². The summed E-state index contributed by atoms with van der Waals surface area (Å²) >= 11 is 0. The maximum absolute atomic E-state index is 5.30. The third-order valence-corrected chi connectivity index (χ3v) is 3.73. The first-order chi connectivity index (χ1) is 8.78. The van der Waals surface area contributed by atoms with Gasteiger partial charge in [-0.25, -0.2) is 0 Å². The molecule has 0 aliphatic heterocycles. The summed E-state index contributed by atoms with van der Waals surface area (Å²) in [7, 11) is 3.75. The van der Waals surface area contributed by atoms with Crippen LogP contribution in [0, 0.1) is 0 Å². The highest BCUT2D eigenvalue weighted by Crippen LogP contribution is 2.29. The summed E-state index contributed by atoms with van der Waals surface area (Å²) in [6, 6.07) is 9.55. The molecule has 100 valence electrons. The van der Waals surface area contributed by atoms with Crippen molar-refractivity contribution in [2.45, 2.75) is 31.8 Å². The van der Waals surface area contributed by atoms with E-state index in [2.05, 4.69) is 35.3 Å². The van der Waals surface area contributed by atoms with Crippen molar-refractivity contribution in [1.29, 1.82) is 0 Å². The van der Waals surface area contributed by atoms with E-state index in [4.69, 9.17) is 4.74 Å². The van der Waals surface area contributed by atoms with Gasteiger partial charge in [-0.15, -0.1) is 0 Å². The number of rotatable bonds is 7. The molecule has 0 radical (unpaired) electrons. The standard InChI is InChI=1S/C15H24N2O/c1-4-17(13-8-9-13)11-15(16-2)12-6-5-7-14(10-12)18-3/h5-7,10,13,15-16H,4,8-9,11H2,1-3H3. The van der Waals surface area contributed by atoms with Gasteiger partial charge in [-0.3, -0.25) is 4.90 Å². The number of ether oxygens (including phenoxy) is 1. The summed E-state index contributed by atoms with van der Waals surface area (Å²) in [4.78, 5) is 2.57. The predicted octanol–water partition coefficient (Wildman–Crippen LogP) is 2.44. The zero-order chi connectivity index (χ0) is 13.0. The quantitative estimate of drug-likeness (QED) is 0.802. The highest BCUT2D eigenvalue weighted by Gasteiger charge is 2.29. The number of likely N-dealkylation sites (N-methyl/N-ethyl adjacent to an activating group) is 2. The van der Waals surface area contributed by atoms with Gasteiger partial charge >= 0.3 is 0 Å². The molecule has 0 spiro atoms. The summed E-state index contributed by atoms with van der Waals surface area (Å²) in [5.41, 5.74) is 1.30. The van der Waals surface area contributed by atoms with Crippen LogP contribution in [0.2, 0.25) is 0 Å². The molecule has 0 bridgehead atoms. The Labute approximate surface area is 110 Å². The first kappa shape index (κ1) is 13.4. The normalized spacial score (nSPS) is 16.9. The van der Waals surface area contributed by atoms with E-state index < -0.39 is 0 Å². The Morgan fingerprint density at radius 1 is 1.44 bits per heavy atom. The fourth-order valence-electron chi connectivity index (χ4n) is 2.43. The molecular formula is C15H24N2O. The van der Waals surface area contributed by atoms with Crippen molar-refractivity contribution in [3.63, 3.8) is 0 Å². The van der Waals surface area contributed by atoms with Crippen LogP contribution in [0.4, 0.5) is 0 Å². The fourth-order valence-corrected chi connectivity index (χ4v) is 2.43. The van der Waals surface area contributed by atoms with Crippen molar-refractivity contribution in [2.75, 3.05) is 27.2 Å². The minimum absolute atomic E-state index is 0.376. The zero-order valence-corrected chi connectivity index (χ0v) is 11.6. The van der Waals surface area contributed by atoms with E-state index in [-0.39, 0.29) is 0 Å². The van der Waals surface area contributed by atoms with Gasteiger partial charge in [0.2, 0.25) is 0 Å². The maximum atomic E-state index is 5.30. The second-order valence-electron chi connectivity index (χ2n) is 4.94. The first-order valence-corrected chi connectivity index (χ1v) is 6.83. The van der Waals surface area contributed by atoms with Crippen LogP contribution in [0.3, 0.4) is 0 Å². The van der Waals surface area contributed by atoms with E-state index in [1.807, 2.05) is 13.1 Å². The van der Waals surface area contributed by atoms with Gasteiger partial charge in [0.25, 0.3) is 0 Å². The molecule has 1 atom stereocenters. The van der Waals surface area contributed by atoms with Gasteiger partial charge < -0.3 is 10.1 Å². The van der Waals surface area contributed by atoms with Gasteiger partial charge in [0.15, 0.2) is 0 Å². The zero-order valence-electron chi connectivity index (χ0n) is 11.6. The van der Waals surface area contributed by atoms with Crippen LogP contribution < -0.4 is 10.1 Å². The molecule has 1 N–H and O–H groups in total. The average molecular weight is 248 g/mol. The summed E-state index contributed by atoms with van der Waals surface area (Å²) in [5.74, 6) is 0.933. The third-order valence-electron chi connectivity index (χ3n) is 3.73. The molecule has 0 heterocycles. The van der Waals surface area contributed by atoms with Crippen molar-refractivity contribution in [1.82, 2.24) is 10.2 Å². The van der Waals surface area contributed by atoms with E-state index in [0.29, 0.717) is 6.04 Å². The number of hydrogen-bond donors (Lipinski definition) is 1. The van der Waals surface area contributed by atoms with E-state index >= 15 is 0 Å². The molecule has 0 amide bonds. The molecule has 1 fully saturated rings. The molecular weight excluding hydrogens is 224 g/mol. The monoisotopic (exact) mass is 248 g/mol. The van der Waals surface area contributed by atoms with Crippen LogP contribution in [0.25, 0.3) is 0 Å². The minimum atomic E-state index is 0.376. The molecule has 1 aliphatic carbocycles. The van der Waals surface area contributed by atoms with Gasteiger partial charge in [-0.2, -0.15) is 0 Å². The van der Waals surface area contributed by atoms with Crippen LogP contribution in [0.5, 0.6) is 5.75 Å². The van der Waals surface area contributed by atoms with Crippen LogP contribution in [0.15, 0.2) is 24.3 Å². The summed E-state index contributed by atoms with van der Waals surface area (Å²) in [5, 5.41) is 3.42. The molecule has 1 aliphatic rings. The number of methoxy groups -OCH3 is 1. The Hall–Kier alpha value is -1.06. The summed E-state index contributed by atoms with van der Waals surface area (Å²) in [6.07, 6.45) is 2.73. The van der Waals surface area contributed by atoms with Crippen molar-refractivity contribution in [3.8, 4) is 5.75 Å². The number of nitrogens with one attached hydrogen (secondary N) is 1. The van der Waals surface area contributed by atoms with Gasteiger partial charge in [0.1, 0.15) is 5.75 Å². The molecule has 0 aromatic heterocycles. The maximum Gasteiger partial charge on any atom is 0.119 e. The lowest BCUT2D eigenvalue weighted by molar-refractivity contribution is 0.248. The highest BCUT2D eigenvalue weighted by atomic mass is 16.5. The van der Waals surface area contributed by atoms with Crippen LogP contribution in [0.1, 0.15) is 31.4 Å². The second kappa shape index (κ2) is 6.21. The van der Waals surface area contributed by atoms with Crippen molar-refractivity contribution < 1.29 is 4.74 Å². The predicted molar refractivity (Wildman–Crippen MR) is 75.1 cm³/mol. The van der Waals surface area contributed by atoms with Crippen molar-refractivity contribution >= 4 is 0 Å². The van der Waals surface area contributed by atoms with Crippen LogP contribution >= 0.6 is 0 Å². The lowest BCUT2D eigenvalue weighted by atomic mass is 10.1. The van der Waals surface area contributed by atoms with E-state index in [1.54, 1.807) is 7.11 Å². The van der Waals surface area contributed by atoms with Crippen molar-refractivity contribution in [2.24, 2.45) is 0 Å². The lowest BCUT2D eigenvalue weighted by Crippen LogP contribution is -2.35. The summed E-state index contributed by atoms with van der Waals surface area (Å²) in [6.45, 7) is 4.45. The number of benzene rings is 1. The van der Waals surface area contributed by atoms with E-state index in [1.165, 1.54) is 18.4 Å². The Bertz CT molecular complexity index is 377. The lowest BCUT2D eigenvalue weighted by Gasteiger charge is -2.26. The highest BCUT2D eigenvalue weighted by molar-refractivity contribution is 5.30. The number of hydrogen-bond acceptors (Lipinski definition) is 3. The molecule has 2 rings (SSSR count). The smallest absolute Gasteiger partial charge is 0.119 e. The van der Waals surface area contributed by atoms with Gasteiger partial charge in [0, 0.05) is 18.6 Å². The topological polar surface area (TPSA) is 24.5 Å². The molecule has 1 aromatic rings. The van der Waals surface area contributed by atoms with Gasteiger partial charge in [0.05, 0.1) is 7.11 Å². The fraction of sp³-hybridized carbons (Fsp3) is 0.600.